The Morgan fingerprint density at radius 2 is 1.40 bits per heavy atom. The third-order valence-corrected chi connectivity index (χ3v) is 1.96. The van der Waals surface area contributed by atoms with Crippen LogP contribution in [0.15, 0.2) is 0 Å². The fourth-order valence-electron chi connectivity index (χ4n) is 1.15. The standard InChI is InChI=1S/C7H15N3/c1-8(6-9-2-3-9)7-10-4-5-10/h2-7H2,1H3. The van der Waals surface area contributed by atoms with Gasteiger partial charge in [0, 0.05) is 26.2 Å². The van der Waals surface area contributed by atoms with Crippen LogP contribution < -0.4 is 0 Å². The molecular formula is C7H15N3. The van der Waals surface area contributed by atoms with Gasteiger partial charge in [-0.15, -0.1) is 0 Å². The SMILES string of the molecule is CN(CN1CC1)CN1CC1. The van der Waals surface area contributed by atoms with E-state index in [4.69, 9.17) is 0 Å². The van der Waals surface area contributed by atoms with Gasteiger partial charge in [0.2, 0.25) is 0 Å². The predicted molar refractivity (Wildman–Crippen MR) is 40.6 cm³/mol. The highest BCUT2D eigenvalue weighted by Gasteiger charge is 2.22. The normalized spacial score (nSPS) is 25.8. The minimum absolute atomic E-state index is 1.16. The van der Waals surface area contributed by atoms with Gasteiger partial charge in [-0.1, -0.05) is 0 Å². The Kier molecular flexibility index (Phi) is 1.64. The summed E-state index contributed by atoms with van der Waals surface area (Å²) < 4.78 is 0. The third-order valence-electron chi connectivity index (χ3n) is 1.96. The Morgan fingerprint density at radius 3 is 1.70 bits per heavy atom. The first-order valence-corrected chi connectivity index (χ1v) is 3.98. The van der Waals surface area contributed by atoms with Crippen LogP contribution in [0, 0.1) is 0 Å². The van der Waals surface area contributed by atoms with E-state index in [0.29, 0.717) is 0 Å². The maximum Gasteiger partial charge on any atom is 0.0516 e. The second kappa shape index (κ2) is 2.49. The lowest BCUT2D eigenvalue weighted by Gasteiger charge is -2.16. The van der Waals surface area contributed by atoms with E-state index in [1.807, 2.05) is 0 Å². The lowest BCUT2D eigenvalue weighted by molar-refractivity contribution is 0.207. The molecule has 0 aromatic rings. The quantitative estimate of drug-likeness (QED) is 0.487. The molecule has 2 aliphatic heterocycles. The number of nitrogens with zero attached hydrogens (tertiary/aromatic N) is 3. The summed E-state index contributed by atoms with van der Waals surface area (Å²) in [5.74, 6) is 0. The Hall–Kier alpha value is -0.120. The number of rotatable bonds is 4. The molecule has 0 radical (unpaired) electrons. The van der Waals surface area contributed by atoms with Gasteiger partial charge in [-0.25, -0.2) is 0 Å². The van der Waals surface area contributed by atoms with Crippen molar-refractivity contribution in [3.8, 4) is 0 Å². The second-order valence-electron chi connectivity index (χ2n) is 3.37. The summed E-state index contributed by atoms with van der Waals surface area (Å²) in [6.45, 7) is 7.57. The lowest BCUT2D eigenvalue weighted by Crippen LogP contribution is -2.29. The molecule has 0 aromatic carbocycles. The molecule has 3 heteroatoms. The molecule has 0 spiro atoms. The maximum atomic E-state index is 2.43. The minimum Gasteiger partial charge on any atom is -0.288 e. The minimum atomic E-state index is 1.16. The zero-order valence-corrected chi connectivity index (χ0v) is 6.58. The summed E-state index contributed by atoms with van der Waals surface area (Å²) in [5.41, 5.74) is 0. The summed E-state index contributed by atoms with van der Waals surface area (Å²) in [6.07, 6.45) is 0. The fourth-order valence-corrected chi connectivity index (χ4v) is 1.15. The Balaban J connectivity index is 1.60. The van der Waals surface area contributed by atoms with E-state index in [2.05, 4.69) is 21.7 Å². The van der Waals surface area contributed by atoms with E-state index in [-0.39, 0.29) is 0 Å². The van der Waals surface area contributed by atoms with E-state index in [0.717, 1.165) is 13.3 Å². The van der Waals surface area contributed by atoms with Gasteiger partial charge in [-0.3, -0.25) is 14.7 Å². The van der Waals surface area contributed by atoms with Gasteiger partial charge in [0.1, 0.15) is 0 Å². The van der Waals surface area contributed by atoms with Crippen LogP contribution in [0.4, 0.5) is 0 Å². The summed E-state index contributed by atoms with van der Waals surface area (Å²) in [4.78, 5) is 7.24. The Labute approximate surface area is 62.2 Å². The molecule has 2 aliphatic rings. The maximum absolute atomic E-state index is 2.43. The zero-order chi connectivity index (χ0) is 6.97. The van der Waals surface area contributed by atoms with Crippen LogP contribution in [0.1, 0.15) is 0 Å². The van der Waals surface area contributed by atoms with Crippen molar-refractivity contribution in [3.63, 3.8) is 0 Å². The molecule has 0 bridgehead atoms. The molecule has 2 saturated heterocycles. The molecule has 58 valence electrons. The Bertz CT molecular complexity index is 104. The van der Waals surface area contributed by atoms with Crippen LogP contribution in [0.3, 0.4) is 0 Å². The van der Waals surface area contributed by atoms with Gasteiger partial charge < -0.3 is 0 Å². The van der Waals surface area contributed by atoms with Crippen molar-refractivity contribution in [1.29, 1.82) is 0 Å². The van der Waals surface area contributed by atoms with Crippen molar-refractivity contribution in [2.24, 2.45) is 0 Å². The smallest absolute Gasteiger partial charge is 0.0516 e. The van der Waals surface area contributed by atoms with Gasteiger partial charge in [-0.05, 0) is 7.05 Å². The van der Waals surface area contributed by atoms with E-state index >= 15 is 0 Å². The highest BCUT2D eigenvalue weighted by Crippen LogP contribution is 2.07. The predicted octanol–water partition coefficient (Wildman–Crippen LogP) is -0.536. The monoisotopic (exact) mass is 141 g/mol. The van der Waals surface area contributed by atoms with E-state index in [1.54, 1.807) is 0 Å². The summed E-state index contributed by atoms with van der Waals surface area (Å²) in [5, 5.41) is 0. The van der Waals surface area contributed by atoms with Gasteiger partial charge in [0.15, 0.2) is 0 Å². The van der Waals surface area contributed by atoms with E-state index in [1.165, 1.54) is 26.2 Å². The molecule has 2 rings (SSSR count). The average molecular weight is 141 g/mol. The second-order valence-corrected chi connectivity index (χ2v) is 3.37. The molecule has 0 aliphatic carbocycles. The van der Waals surface area contributed by atoms with E-state index < -0.39 is 0 Å². The van der Waals surface area contributed by atoms with Gasteiger partial charge in [0.05, 0.1) is 13.3 Å². The molecule has 2 fully saturated rings. The topological polar surface area (TPSA) is 9.26 Å². The molecule has 0 unspecified atom stereocenters. The first-order valence-electron chi connectivity index (χ1n) is 3.98. The van der Waals surface area contributed by atoms with Crippen molar-refractivity contribution in [2.45, 2.75) is 0 Å². The van der Waals surface area contributed by atoms with Crippen molar-refractivity contribution in [2.75, 3.05) is 46.6 Å². The van der Waals surface area contributed by atoms with Crippen LogP contribution in [-0.4, -0.2) is 61.3 Å². The molecule has 0 N–H and O–H groups in total. The first kappa shape index (κ1) is 6.58. The van der Waals surface area contributed by atoms with Crippen molar-refractivity contribution in [3.05, 3.63) is 0 Å². The van der Waals surface area contributed by atoms with Crippen molar-refractivity contribution in [1.82, 2.24) is 14.7 Å². The van der Waals surface area contributed by atoms with Crippen LogP contribution in [0.25, 0.3) is 0 Å². The summed E-state index contributed by atoms with van der Waals surface area (Å²) in [6, 6.07) is 0. The summed E-state index contributed by atoms with van der Waals surface area (Å²) >= 11 is 0. The highest BCUT2D eigenvalue weighted by atomic mass is 15.4. The fraction of sp³-hybridized carbons (Fsp3) is 1.00. The van der Waals surface area contributed by atoms with Crippen LogP contribution >= 0.6 is 0 Å². The molecule has 2 heterocycles. The van der Waals surface area contributed by atoms with Gasteiger partial charge in [0.25, 0.3) is 0 Å². The van der Waals surface area contributed by atoms with Gasteiger partial charge in [-0.2, -0.15) is 0 Å². The molecular weight excluding hydrogens is 126 g/mol. The molecule has 3 nitrogen and oxygen atoms in total. The van der Waals surface area contributed by atoms with Crippen molar-refractivity contribution >= 4 is 0 Å². The van der Waals surface area contributed by atoms with E-state index in [9.17, 15) is 0 Å². The molecule has 0 saturated carbocycles. The van der Waals surface area contributed by atoms with Crippen LogP contribution in [0.5, 0.6) is 0 Å². The summed E-state index contributed by atoms with van der Waals surface area (Å²) in [7, 11) is 2.19. The zero-order valence-electron chi connectivity index (χ0n) is 6.58. The highest BCUT2D eigenvalue weighted by molar-refractivity contribution is 4.74. The van der Waals surface area contributed by atoms with Crippen LogP contribution in [0.2, 0.25) is 0 Å². The van der Waals surface area contributed by atoms with Crippen molar-refractivity contribution < 1.29 is 0 Å². The lowest BCUT2D eigenvalue weighted by atomic mass is 10.8. The largest absolute Gasteiger partial charge is 0.288 e. The molecule has 0 amide bonds. The molecule has 0 atom stereocenters. The first-order chi connectivity index (χ1) is 4.84. The van der Waals surface area contributed by atoms with Gasteiger partial charge >= 0.3 is 0 Å². The average Bonchev–Trinajstić information content (AvgIpc) is 2.59. The number of hydrogen-bond donors (Lipinski definition) is 0. The molecule has 0 aromatic heterocycles. The number of hydrogen-bond acceptors (Lipinski definition) is 3. The van der Waals surface area contributed by atoms with Crippen LogP contribution in [-0.2, 0) is 0 Å². The molecule has 10 heavy (non-hydrogen) atoms. The Morgan fingerprint density at radius 1 is 1.00 bits per heavy atom. The third kappa shape index (κ3) is 1.94.